The van der Waals surface area contributed by atoms with Gasteiger partial charge in [-0.1, -0.05) is 32.0 Å². The molecule has 0 saturated heterocycles. The van der Waals surface area contributed by atoms with Gasteiger partial charge < -0.3 is 14.5 Å². The molecule has 2 aromatic rings. The Morgan fingerprint density at radius 1 is 1.21 bits per heavy atom. The molecule has 1 unspecified atom stereocenters. The van der Waals surface area contributed by atoms with Gasteiger partial charge in [-0.15, -0.1) is 0 Å². The van der Waals surface area contributed by atoms with Crippen molar-refractivity contribution < 1.29 is 13.9 Å². The quantitative estimate of drug-likeness (QED) is 0.807. The smallest absolute Gasteiger partial charge is 0.258 e. The molecule has 1 aromatic carbocycles. The molecule has 1 aromatic heterocycles. The maximum absolute atomic E-state index is 12.1. The number of nitrogens with zero attached hydrogens (tertiary/aromatic N) is 1. The highest BCUT2D eigenvalue weighted by atomic mass is 16.5. The van der Waals surface area contributed by atoms with Gasteiger partial charge in [0.05, 0.1) is 12.3 Å². The molecule has 2 rings (SSSR count). The van der Waals surface area contributed by atoms with Crippen LogP contribution in [0, 0.1) is 0 Å². The van der Waals surface area contributed by atoms with Crippen molar-refractivity contribution in [3.05, 3.63) is 54.0 Å². The van der Waals surface area contributed by atoms with Crippen molar-refractivity contribution >= 4 is 5.91 Å². The lowest BCUT2D eigenvalue weighted by molar-refractivity contribution is -0.123. The lowest BCUT2D eigenvalue weighted by atomic mass is 10.0. The number of carbonyl (C=O) groups excluding carboxylic acids is 1. The maximum Gasteiger partial charge on any atom is 0.258 e. The van der Waals surface area contributed by atoms with Crippen LogP contribution >= 0.6 is 0 Å². The topological polar surface area (TPSA) is 54.7 Å². The van der Waals surface area contributed by atoms with E-state index in [1.54, 1.807) is 6.26 Å². The number of likely N-dealkylation sites (N-methyl/N-ethyl adjacent to an activating group) is 1. The van der Waals surface area contributed by atoms with Crippen molar-refractivity contribution in [2.75, 3.05) is 27.2 Å². The van der Waals surface area contributed by atoms with Crippen molar-refractivity contribution in [2.24, 2.45) is 0 Å². The number of amides is 1. The van der Waals surface area contributed by atoms with Crippen LogP contribution in [0.15, 0.2) is 47.1 Å². The highest BCUT2D eigenvalue weighted by molar-refractivity contribution is 5.77. The third-order valence-corrected chi connectivity index (χ3v) is 3.89. The average molecular weight is 330 g/mol. The van der Waals surface area contributed by atoms with Gasteiger partial charge in [0.25, 0.3) is 5.91 Å². The number of ether oxygens (including phenoxy) is 1. The second kappa shape index (κ2) is 8.55. The van der Waals surface area contributed by atoms with Crippen molar-refractivity contribution in [3.63, 3.8) is 0 Å². The number of rotatable bonds is 8. The van der Waals surface area contributed by atoms with E-state index < -0.39 is 0 Å². The van der Waals surface area contributed by atoms with Crippen LogP contribution in [0.3, 0.4) is 0 Å². The summed E-state index contributed by atoms with van der Waals surface area (Å²) < 4.78 is 11.1. The molecular formula is C19H26N2O3. The SMILES string of the molecule is CC(C)c1ccccc1OCC(=O)NCC(c1ccco1)N(C)C. The summed E-state index contributed by atoms with van der Waals surface area (Å²) >= 11 is 0. The predicted octanol–water partition coefficient (Wildman–Crippen LogP) is 3.20. The second-order valence-corrected chi connectivity index (χ2v) is 6.28. The van der Waals surface area contributed by atoms with Gasteiger partial charge in [0, 0.05) is 6.54 Å². The third kappa shape index (κ3) is 4.86. The molecule has 24 heavy (non-hydrogen) atoms. The van der Waals surface area contributed by atoms with Gasteiger partial charge in [-0.05, 0) is 43.8 Å². The highest BCUT2D eigenvalue weighted by Crippen LogP contribution is 2.25. The molecule has 0 aliphatic rings. The van der Waals surface area contributed by atoms with Crippen LogP contribution < -0.4 is 10.1 Å². The molecule has 0 radical (unpaired) electrons. The number of furan rings is 1. The Morgan fingerprint density at radius 3 is 2.58 bits per heavy atom. The molecule has 0 spiro atoms. The first-order valence-corrected chi connectivity index (χ1v) is 8.17. The van der Waals surface area contributed by atoms with E-state index in [9.17, 15) is 4.79 Å². The van der Waals surface area contributed by atoms with E-state index >= 15 is 0 Å². The van der Waals surface area contributed by atoms with Gasteiger partial charge in [-0.25, -0.2) is 0 Å². The number of para-hydroxylation sites is 1. The minimum atomic E-state index is -0.146. The summed E-state index contributed by atoms with van der Waals surface area (Å²) in [5, 5.41) is 2.91. The Hall–Kier alpha value is -2.27. The molecule has 1 atom stereocenters. The highest BCUT2D eigenvalue weighted by Gasteiger charge is 2.18. The van der Waals surface area contributed by atoms with E-state index in [0.29, 0.717) is 12.5 Å². The fourth-order valence-electron chi connectivity index (χ4n) is 2.51. The molecule has 0 bridgehead atoms. The van der Waals surface area contributed by atoms with Crippen LogP contribution in [0.2, 0.25) is 0 Å². The van der Waals surface area contributed by atoms with Gasteiger partial charge in [-0.3, -0.25) is 9.69 Å². The van der Waals surface area contributed by atoms with Crippen LogP contribution in [0.4, 0.5) is 0 Å². The van der Waals surface area contributed by atoms with Crippen LogP contribution in [0.1, 0.15) is 37.1 Å². The van der Waals surface area contributed by atoms with Gasteiger partial charge in [0.1, 0.15) is 11.5 Å². The molecule has 5 nitrogen and oxygen atoms in total. The molecule has 1 amide bonds. The summed E-state index contributed by atoms with van der Waals surface area (Å²) in [4.78, 5) is 14.1. The molecule has 0 aliphatic heterocycles. The molecule has 0 saturated carbocycles. The monoisotopic (exact) mass is 330 g/mol. The Bertz CT molecular complexity index is 636. The summed E-state index contributed by atoms with van der Waals surface area (Å²) in [6, 6.07) is 11.6. The Kier molecular flexibility index (Phi) is 6.44. The van der Waals surface area contributed by atoms with Gasteiger partial charge >= 0.3 is 0 Å². The van der Waals surface area contributed by atoms with Gasteiger partial charge in [0.2, 0.25) is 0 Å². The summed E-state index contributed by atoms with van der Waals surface area (Å²) in [6.45, 7) is 4.68. The first-order chi connectivity index (χ1) is 11.5. The third-order valence-electron chi connectivity index (χ3n) is 3.89. The second-order valence-electron chi connectivity index (χ2n) is 6.28. The van der Waals surface area contributed by atoms with Crippen molar-refractivity contribution in [3.8, 4) is 5.75 Å². The Balaban J connectivity index is 1.87. The first-order valence-electron chi connectivity index (χ1n) is 8.17. The number of hydrogen-bond donors (Lipinski definition) is 1. The normalized spacial score (nSPS) is 12.4. The summed E-state index contributed by atoms with van der Waals surface area (Å²) in [5.41, 5.74) is 1.10. The molecule has 5 heteroatoms. The largest absolute Gasteiger partial charge is 0.483 e. The number of carbonyl (C=O) groups is 1. The molecule has 1 heterocycles. The zero-order valence-electron chi connectivity index (χ0n) is 14.8. The van der Waals surface area contributed by atoms with E-state index in [-0.39, 0.29) is 18.6 Å². The summed E-state index contributed by atoms with van der Waals surface area (Å²) in [5.74, 6) is 1.79. The van der Waals surface area contributed by atoms with Crippen LogP contribution in [-0.2, 0) is 4.79 Å². The standard InChI is InChI=1S/C19H26N2O3/c1-14(2)15-8-5-6-9-17(15)24-13-19(22)20-12-16(21(3)4)18-10-7-11-23-18/h5-11,14,16H,12-13H2,1-4H3,(H,20,22). The molecule has 0 aliphatic carbocycles. The lowest BCUT2D eigenvalue weighted by Gasteiger charge is -2.22. The lowest BCUT2D eigenvalue weighted by Crippen LogP contribution is -2.36. The minimum absolute atomic E-state index is 0.00202. The predicted molar refractivity (Wildman–Crippen MR) is 94.2 cm³/mol. The fraction of sp³-hybridized carbons (Fsp3) is 0.421. The number of benzene rings is 1. The zero-order chi connectivity index (χ0) is 17.5. The Morgan fingerprint density at radius 2 is 1.96 bits per heavy atom. The van der Waals surface area contributed by atoms with E-state index in [1.807, 2.05) is 55.4 Å². The molecule has 1 N–H and O–H groups in total. The molecule has 130 valence electrons. The summed E-state index contributed by atoms with van der Waals surface area (Å²) in [6.07, 6.45) is 1.64. The first kappa shape index (κ1) is 18.1. The van der Waals surface area contributed by atoms with E-state index in [4.69, 9.17) is 9.15 Å². The van der Waals surface area contributed by atoms with E-state index in [2.05, 4.69) is 19.2 Å². The minimum Gasteiger partial charge on any atom is -0.483 e. The van der Waals surface area contributed by atoms with Gasteiger partial charge in [0.15, 0.2) is 6.61 Å². The van der Waals surface area contributed by atoms with Crippen molar-refractivity contribution in [2.45, 2.75) is 25.8 Å². The number of hydrogen-bond acceptors (Lipinski definition) is 4. The fourth-order valence-corrected chi connectivity index (χ4v) is 2.51. The van der Waals surface area contributed by atoms with Crippen molar-refractivity contribution in [1.29, 1.82) is 0 Å². The van der Waals surface area contributed by atoms with Crippen molar-refractivity contribution in [1.82, 2.24) is 10.2 Å². The summed E-state index contributed by atoms with van der Waals surface area (Å²) in [7, 11) is 3.91. The average Bonchev–Trinajstić information content (AvgIpc) is 3.07. The zero-order valence-corrected chi connectivity index (χ0v) is 14.8. The van der Waals surface area contributed by atoms with Crippen LogP contribution in [0.25, 0.3) is 0 Å². The van der Waals surface area contributed by atoms with Gasteiger partial charge in [-0.2, -0.15) is 0 Å². The van der Waals surface area contributed by atoms with E-state index in [0.717, 1.165) is 17.1 Å². The maximum atomic E-state index is 12.1. The Labute approximate surface area is 143 Å². The number of nitrogens with one attached hydrogen (secondary N) is 1. The van der Waals surface area contributed by atoms with Crippen LogP contribution in [-0.4, -0.2) is 38.1 Å². The van der Waals surface area contributed by atoms with E-state index in [1.165, 1.54) is 0 Å². The molecular weight excluding hydrogens is 304 g/mol. The molecule has 0 fully saturated rings. The van der Waals surface area contributed by atoms with Crippen LogP contribution in [0.5, 0.6) is 5.75 Å².